The minimum Gasteiger partial charge on any atom is -0.393 e. The van der Waals surface area contributed by atoms with Crippen LogP contribution in [0.25, 0.3) is 0 Å². The van der Waals surface area contributed by atoms with Gasteiger partial charge < -0.3 is 10.6 Å². The minimum absolute atomic E-state index is 0.599. The summed E-state index contributed by atoms with van der Waals surface area (Å²) >= 11 is 4.88. The molecule has 0 aliphatic carbocycles. The van der Waals surface area contributed by atoms with Gasteiger partial charge in [-0.1, -0.05) is 19.1 Å². The van der Waals surface area contributed by atoms with Crippen LogP contribution in [0.1, 0.15) is 18.9 Å². The van der Waals surface area contributed by atoms with Crippen molar-refractivity contribution >= 4 is 17.2 Å². The van der Waals surface area contributed by atoms with Crippen molar-refractivity contribution in [3.63, 3.8) is 0 Å². The lowest BCUT2D eigenvalue weighted by Crippen LogP contribution is -2.29. The Kier molecular flexibility index (Phi) is 5.96. The smallest absolute Gasteiger partial charge is 0.0740 e. The van der Waals surface area contributed by atoms with Crippen molar-refractivity contribution in [2.24, 2.45) is 5.73 Å². The molecule has 88 valence electrons. The number of hydrogen-bond acceptors (Lipinski definition) is 3. The van der Waals surface area contributed by atoms with E-state index in [0.29, 0.717) is 4.99 Å². The number of hydrogen-bond donors (Lipinski definition) is 1. The zero-order chi connectivity index (χ0) is 11.8. The number of likely N-dealkylation sites (N-methyl/N-ethyl adjacent to an activating group) is 1. The van der Waals surface area contributed by atoms with Gasteiger partial charge in [-0.25, -0.2) is 0 Å². The number of nitrogens with two attached hydrogens (primary N) is 1. The van der Waals surface area contributed by atoms with E-state index < -0.39 is 0 Å². The fourth-order valence-electron chi connectivity index (χ4n) is 1.53. The first-order valence-corrected chi connectivity index (χ1v) is 6.02. The quantitative estimate of drug-likeness (QED) is 0.732. The van der Waals surface area contributed by atoms with E-state index in [9.17, 15) is 0 Å². The standard InChI is InChI=1S/C12H19N3S/c1-2-15(10-6-12(13)16)9-5-11-3-7-14-8-4-11/h3-4,7-8H,2,5-6,9-10H2,1H3,(H2,13,16). The van der Waals surface area contributed by atoms with Gasteiger partial charge in [-0.05, 0) is 30.7 Å². The van der Waals surface area contributed by atoms with Crippen LogP contribution in [-0.2, 0) is 6.42 Å². The molecule has 4 heteroatoms. The predicted octanol–water partition coefficient (Wildman–Crippen LogP) is 1.62. The second-order valence-electron chi connectivity index (χ2n) is 3.76. The zero-order valence-corrected chi connectivity index (χ0v) is 10.5. The highest BCUT2D eigenvalue weighted by Crippen LogP contribution is 2.00. The van der Waals surface area contributed by atoms with Crippen LogP contribution in [0.15, 0.2) is 24.5 Å². The van der Waals surface area contributed by atoms with Crippen LogP contribution in [0.3, 0.4) is 0 Å². The Morgan fingerprint density at radius 2 is 2.06 bits per heavy atom. The largest absolute Gasteiger partial charge is 0.393 e. The molecule has 1 rings (SSSR count). The second-order valence-corrected chi connectivity index (χ2v) is 4.28. The van der Waals surface area contributed by atoms with Crippen molar-refractivity contribution in [1.82, 2.24) is 9.88 Å². The van der Waals surface area contributed by atoms with Crippen LogP contribution in [0.2, 0.25) is 0 Å². The Labute approximate surface area is 103 Å². The van der Waals surface area contributed by atoms with Crippen LogP contribution < -0.4 is 5.73 Å². The van der Waals surface area contributed by atoms with Crippen molar-refractivity contribution in [3.05, 3.63) is 30.1 Å². The van der Waals surface area contributed by atoms with Crippen LogP contribution in [0, 0.1) is 0 Å². The zero-order valence-electron chi connectivity index (χ0n) is 9.72. The Morgan fingerprint density at radius 3 is 2.62 bits per heavy atom. The summed E-state index contributed by atoms with van der Waals surface area (Å²) in [6.07, 6.45) is 5.52. The van der Waals surface area contributed by atoms with Crippen molar-refractivity contribution in [3.8, 4) is 0 Å². The van der Waals surface area contributed by atoms with Gasteiger partial charge in [-0.15, -0.1) is 0 Å². The maximum atomic E-state index is 5.50. The molecule has 0 fully saturated rings. The van der Waals surface area contributed by atoms with Gasteiger partial charge in [0.15, 0.2) is 0 Å². The average Bonchev–Trinajstić information content (AvgIpc) is 2.30. The van der Waals surface area contributed by atoms with Crippen molar-refractivity contribution in [2.75, 3.05) is 19.6 Å². The van der Waals surface area contributed by atoms with E-state index in [1.165, 1.54) is 5.56 Å². The van der Waals surface area contributed by atoms with Crippen molar-refractivity contribution in [2.45, 2.75) is 19.8 Å². The van der Waals surface area contributed by atoms with E-state index in [-0.39, 0.29) is 0 Å². The molecule has 1 aromatic rings. The minimum atomic E-state index is 0.599. The average molecular weight is 237 g/mol. The molecule has 3 nitrogen and oxygen atoms in total. The third kappa shape index (κ3) is 5.19. The number of rotatable bonds is 7. The number of thiocarbonyl (C=S) groups is 1. The van der Waals surface area contributed by atoms with Gasteiger partial charge in [0.1, 0.15) is 0 Å². The molecule has 16 heavy (non-hydrogen) atoms. The molecule has 0 aromatic carbocycles. The molecule has 0 aliphatic heterocycles. The highest BCUT2D eigenvalue weighted by Gasteiger charge is 2.03. The third-order valence-electron chi connectivity index (χ3n) is 2.59. The number of aromatic nitrogens is 1. The lowest BCUT2D eigenvalue weighted by molar-refractivity contribution is 0.300. The topological polar surface area (TPSA) is 42.1 Å². The summed E-state index contributed by atoms with van der Waals surface area (Å²) < 4.78 is 0. The molecule has 0 amide bonds. The Bertz CT molecular complexity index is 313. The summed E-state index contributed by atoms with van der Waals surface area (Å²) in [4.78, 5) is 6.97. The maximum absolute atomic E-state index is 5.50. The van der Waals surface area contributed by atoms with Crippen LogP contribution in [-0.4, -0.2) is 34.5 Å². The molecule has 0 aliphatic rings. The van der Waals surface area contributed by atoms with Gasteiger partial charge in [0.25, 0.3) is 0 Å². The van der Waals surface area contributed by atoms with Crippen LogP contribution in [0.4, 0.5) is 0 Å². The van der Waals surface area contributed by atoms with Gasteiger partial charge in [-0.2, -0.15) is 0 Å². The summed E-state index contributed by atoms with van der Waals surface area (Å²) in [7, 11) is 0. The Hall–Kier alpha value is -1.00. The van der Waals surface area contributed by atoms with Crippen LogP contribution in [0.5, 0.6) is 0 Å². The first-order chi connectivity index (χ1) is 7.72. The molecule has 2 N–H and O–H groups in total. The predicted molar refractivity (Wildman–Crippen MR) is 71.5 cm³/mol. The van der Waals surface area contributed by atoms with E-state index >= 15 is 0 Å². The molecule has 0 bridgehead atoms. The van der Waals surface area contributed by atoms with Crippen molar-refractivity contribution in [1.29, 1.82) is 0 Å². The molecule has 1 aromatic heterocycles. The lowest BCUT2D eigenvalue weighted by atomic mass is 10.2. The van der Waals surface area contributed by atoms with Gasteiger partial charge >= 0.3 is 0 Å². The molecule has 1 heterocycles. The summed E-state index contributed by atoms with van der Waals surface area (Å²) in [6, 6.07) is 4.11. The first kappa shape index (κ1) is 13.1. The molecular formula is C12H19N3S. The molecule has 0 atom stereocenters. The third-order valence-corrected chi connectivity index (χ3v) is 2.79. The van der Waals surface area contributed by atoms with E-state index in [4.69, 9.17) is 18.0 Å². The summed E-state index contributed by atoms with van der Waals surface area (Å²) in [5.74, 6) is 0. The normalized spacial score (nSPS) is 10.6. The lowest BCUT2D eigenvalue weighted by Gasteiger charge is -2.19. The Balaban J connectivity index is 2.31. The maximum Gasteiger partial charge on any atom is 0.0740 e. The van der Waals surface area contributed by atoms with E-state index in [1.54, 1.807) is 0 Å². The monoisotopic (exact) mass is 237 g/mol. The van der Waals surface area contributed by atoms with E-state index in [1.807, 2.05) is 12.4 Å². The van der Waals surface area contributed by atoms with Gasteiger partial charge in [0.05, 0.1) is 4.99 Å². The van der Waals surface area contributed by atoms with E-state index in [2.05, 4.69) is 28.9 Å². The molecule has 0 spiro atoms. The second kappa shape index (κ2) is 7.30. The Morgan fingerprint density at radius 1 is 1.38 bits per heavy atom. The summed E-state index contributed by atoms with van der Waals surface area (Å²) in [6.45, 7) is 5.19. The summed E-state index contributed by atoms with van der Waals surface area (Å²) in [5, 5.41) is 0. The van der Waals surface area contributed by atoms with Gasteiger partial charge in [0.2, 0.25) is 0 Å². The molecule has 0 unspecified atom stereocenters. The highest BCUT2D eigenvalue weighted by atomic mass is 32.1. The fourth-order valence-corrected chi connectivity index (χ4v) is 1.62. The van der Waals surface area contributed by atoms with Gasteiger partial charge in [0, 0.05) is 31.9 Å². The van der Waals surface area contributed by atoms with Crippen molar-refractivity contribution < 1.29 is 0 Å². The first-order valence-electron chi connectivity index (χ1n) is 5.62. The SMILES string of the molecule is CCN(CCC(N)=S)CCc1ccncc1. The van der Waals surface area contributed by atoms with Gasteiger partial charge in [-0.3, -0.25) is 4.98 Å². The molecular weight excluding hydrogens is 218 g/mol. The number of pyridine rings is 1. The van der Waals surface area contributed by atoms with E-state index in [0.717, 1.165) is 32.5 Å². The molecule has 0 radical (unpaired) electrons. The summed E-state index contributed by atoms with van der Waals surface area (Å²) in [5.41, 5.74) is 6.82. The number of nitrogens with zero attached hydrogens (tertiary/aromatic N) is 2. The highest BCUT2D eigenvalue weighted by molar-refractivity contribution is 7.80. The molecule has 0 saturated carbocycles. The van der Waals surface area contributed by atoms with Crippen LogP contribution >= 0.6 is 12.2 Å². The molecule has 0 saturated heterocycles. The fraction of sp³-hybridized carbons (Fsp3) is 0.500.